The smallest absolute Gasteiger partial charge is 0.259 e. The topological polar surface area (TPSA) is 165 Å². The zero-order valence-corrected chi connectivity index (χ0v) is 11.7. The fourth-order valence-electron chi connectivity index (χ4n) is 0.880. The average molecular weight is 361 g/mol. The van der Waals surface area contributed by atoms with Gasteiger partial charge in [0.25, 0.3) is 0 Å². The van der Waals surface area contributed by atoms with Gasteiger partial charge in [0.1, 0.15) is 0 Å². The third-order valence-electron chi connectivity index (χ3n) is 1.69. The number of rotatable bonds is 0. The van der Waals surface area contributed by atoms with Crippen LogP contribution in [0.5, 0.6) is 0 Å². The maximum atomic E-state index is 10.8. The van der Waals surface area contributed by atoms with Crippen molar-refractivity contribution in [3.63, 3.8) is 0 Å². The maximum absolute atomic E-state index is 10.8. The Hall–Kier alpha value is -2.31. The highest BCUT2D eigenvalue weighted by molar-refractivity contribution is 6.19. The van der Waals surface area contributed by atoms with Crippen molar-refractivity contribution < 1.29 is 0 Å². The number of nitrogens with one attached hydrogen (secondary N) is 3. The molecule has 0 radical (unpaired) electrons. The second-order valence-corrected chi connectivity index (χ2v) is 4.07. The van der Waals surface area contributed by atoms with Crippen LogP contribution in [0.2, 0.25) is 0 Å². The predicted octanol–water partition coefficient (Wildman–Crippen LogP) is -3.07. The number of nitrogens with zero attached hydrogens (tertiary/aromatic N) is 3. The van der Waals surface area contributed by atoms with Crippen molar-refractivity contribution in [3.8, 4) is 0 Å². The Morgan fingerprint density at radius 1 is 0.524 bits per heavy atom. The van der Waals surface area contributed by atoms with Gasteiger partial charge in [-0.1, -0.05) is 0 Å². The molecular weight excluding hydrogens is 358 g/mol. The summed E-state index contributed by atoms with van der Waals surface area (Å²) in [6, 6.07) is 0. The van der Waals surface area contributed by atoms with Gasteiger partial charge in [-0.3, -0.25) is 15.0 Å². The SMILES string of the molecule is O=c1[nH]c(=O)[nH]c(=O)[nH]1.O=c1n(Cl)c(=O)n(Cl)c(=O)n1Cl. The molecule has 0 amide bonds. The highest BCUT2D eigenvalue weighted by atomic mass is 35.5. The molecule has 2 aromatic rings. The second-order valence-electron chi connectivity index (χ2n) is 3.05. The average Bonchev–Trinajstić information content (AvgIpc) is 2.40. The summed E-state index contributed by atoms with van der Waals surface area (Å²) in [5.74, 6) is 0. The van der Waals surface area contributed by atoms with Crippen LogP contribution in [-0.4, -0.2) is 27.2 Å². The number of aromatic amines is 3. The lowest BCUT2D eigenvalue weighted by molar-refractivity contribution is 0.770. The van der Waals surface area contributed by atoms with Gasteiger partial charge in [-0.05, 0) is 0 Å². The van der Waals surface area contributed by atoms with Crippen molar-refractivity contribution in [2.24, 2.45) is 0 Å². The van der Waals surface area contributed by atoms with Gasteiger partial charge in [0, 0.05) is 35.3 Å². The largest absolute Gasteiger partial charge is 0.366 e. The Kier molecular flexibility index (Phi) is 5.12. The minimum atomic E-state index is -1.16. The molecule has 114 valence electrons. The van der Waals surface area contributed by atoms with Gasteiger partial charge >= 0.3 is 34.1 Å². The fraction of sp³-hybridized carbons (Fsp3) is 0. The lowest BCUT2D eigenvalue weighted by Gasteiger charge is -1.96. The normalized spacial score (nSPS) is 9.86. The van der Waals surface area contributed by atoms with E-state index in [1.807, 2.05) is 0 Å². The van der Waals surface area contributed by atoms with Gasteiger partial charge in [0.15, 0.2) is 0 Å². The van der Waals surface area contributed by atoms with Gasteiger partial charge in [0.2, 0.25) is 0 Å². The van der Waals surface area contributed by atoms with Crippen LogP contribution in [0.3, 0.4) is 0 Å². The number of aromatic nitrogens is 6. The first-order valence-electron chi connectivity index (χ1n) is 4.57. The molecule has 0 aliphatic heterocycles. The minimum absolute atomic E-state index is 0.0847. The molecule has 15 heteroatoms. The molecule has 0 aliphatic rings. The van der Waals surface area contributed by atoms with Crippen LogP contribution in [0.25, 0.3) is 0 Å². The molecule has 2 heterocycles. The molecule has 0 spiro atoms. The summed E-state index contributed by atoms with van der Waals surface area (Å²) >= 11 is 15.3. The van der Waals surface area contributed by atoms with Crippen molar-refractivity contribution in [1.29, 1.82) is 0 Å². The molecule has 12 nitrogen and oxygen atoms in total. The first kappa shape index (κ1) is 16.7. The summed E-state index contributed by atoms with van der Waals surface area (Å²) in [5.41, 5.74) is -5.89. The van der Waals surface area contributed by atoms with E-state index in [0.29, 0.717) is 0 Å². The molecule has 0 unspecified atom stereocenters. The first-order valence-corrected chi connectivity index (χ1v) is 5.59. The third kappa shape index (κ3) is 3.84. The van der Waals surface area contributed by atoms with Crippen molar-refractivity contribution in [1.82, 2.24) is 27.2 Å². The van der Waals surface area contributed by atoms with Crippen LogP contribution in [-0.2, 0) is 0 Å². The Bertz CT molecular complexity index is 824. The van der Waals surface area contributed by atoms with Crippen LogP contribution >= 0.6 is 35.3 Å². The van der Waals surface area contributed by atoms with E-state index in [0.717, 1.165) is 0 Å². The quantitative estimate of drug-likeness (QED) is 0.450. The van der Waals surface area contributed by atoms with Gasteiger partial charge in [-0.2, -0.15) is 0 Å². The highest BCUT2D eigenvalue weighted by Gasteiger charge is 2.10. The number of halogens is 3. The molecule has 0 atom stereocenters. The maximum Gasteiger partial charge on any atom is 0.366 e. The summed E-state index contributed by atoms with van der Waals surface area (Å²) in [5, 5.41) is 0. The van der Waals surface area contributed by atoms with Gasteiger partial charge in [0.05, 0.1) is 0 Å². The highest BCUT2D eigenvalue weighted by Crippen LogP contribution is 1.78. The Labute approximate surface area is 126 Å². The van der Waals surface area contributed by atoms with E-state index in [1.54, 1.807) is 15.0 Å². The van der Waals surface area contributed by atoms with Crippen LogP contribution in [0, 0.1) is 0 Å². The molecule has 0 saturated carbocycles. The van der Waals surface area contributed by atoms with E-state index < -0.39 is 34.1 Å². The molecule has 0 aliphatic carbocycles. The molecule has 2 rings (SSSR count). The van der Waals surface area contributed by atoms with E-state index in [4.69, 9.17) is 35.3 Å². The van der Waals surface area contributed by atoms with Crippen molar-refractivity contribution in [2.75, 3.05) is 0 Å². The summed E-state index contributed by atoms with van der Waals surface area (Å²) in [4.78, 5) is 68.2. The summed E-state index contributed by atoms with van der Waals surface area (Å²) < 4.78 is 0.254. The van der Waals surface area contributed by atoms with Gasteiger partial charge in [-0.25, -0.2) is 28.8 Å². The molecule has 0 aromatic carbocycles. The molecule has 0 saturated heterocycles. The molecule has 21 heavy (non-hydrogen) atoms. The number of hydrogen-bond donors (Lipinski definition) is 3. The summed E-state index contributed by atoms with van der Waals surface area (Å²) in [7, 11) is 0. The third-order valence-corrected chi connectivity index (χ3v) is 2.56. The standard InChI is InChI=1S/C3Cl3N3O3.C3H3N3O3/c4-7-1(10)8(5)3(12)9(6)2(7)11;7-1-4-2(8)6-3(9)5-1/h;(H3,4,5,6,7,8,9). The van der Waals surface area contributed by atoms with Crippen LogP contribution in [0.1, 0.15) is 0 Å². The predicted molar refractivity (Wildman–Crippen MR) is 71.3 cm³/mol. The molecule has 0 bridgehead atoms. The van der Waals surface area contributed by atoms with E-state index >= 15 is 0 Å². The lowest BCUT2D eigenvalue weighted by Crippen LogP contribution is -2.47. The Morgan fingerprint density at radius 2 is 0.714 bits per heavy atom. The summed E-state index contributed by atoms with van der Waals surface area (Å²) in [6.07, 6.45) is 0. The van der Waals surface area contributed by atoms with Gasteiger partial charge in [-0.15, -0.1) is 12.3 Å². The van der Waals surface area contributed by atoms with Crippen molar-refractivity contribution in [3.05, 3.63) is 62.9 Å². The van der Waals surface area contributed by atoms with E-state index in [-0.39, 0.29) is 12.3 Å². The van der Waals surface area contributed by atoms with Crippen molar-refractivity contribution in [2.45, 2.75) is 0 Å². The summed E-state index contributed by atoms with van der Waals surface area (Å²) in [6.45, 7) is 0. The fourth-order valence-corrected chi connectivity index (χ4v) is 1.45. The van der Waals surface area contributed by atoms with E-state index in [9.17, 15) is 28.8 Å². The van der Waals surface area contributed by atoms with Gasteiger partial charge < -0.3 is 0 Å². The van der Waals surface area contributed by atoms with Crippen molar-refractivity contribution >= 4 is 35.3 Å². The molecule has 3 N–H and O–H groups in total. The van der Waals surface area contributed by atoms with Crippen LogP contribution in [0.4, 0.5) is 0 Å². The zero-order chi connectivity index (χ0) is 16.3. The zero-order valence-electron chi connectivity index (χ0n) is 9.43. The van der Waals surface area contributed by atoms with E-state index in [2.05, 4.69) is 0 Å². The molecular formula is C6H3Cl3N6O6. The second kappa shape index (κ2) is 6.43. The first-order chi connectivity index (χ1) is 9.65. The monoisotopic (exact) mass is 360 g/mol. The van der Waals surface area contributed by atoms with Crippen LogP contribution < -0.4 is 34.1 Å². The minimum Gasteiger partial charge on any atom is -0.259 e. The lowest BCUT2D eigenvalue weighted by atomic mass is 11.0. The number of hydrogen-bond acceptors (Lipinski definition) is 6. The molecule has 2 aromatic heterocycles. The Morgan fingerprint density at radius 3 is 0.905 bits per heavy atom. The van der Waals surface area contributed by atoms with Crippen LogP contribution in [0.15, 0.2) is 28.8 Å². The van der Waals surface area contributed by atoms with E-state index in [1.165, 1.54) is 0 Å². The Balaban J connectivity index is 0.000000219. The molecule has 0 fully saturated rings. The number of H-pyrrole nitrogens is 3.